The molecule has 0 radical (unpaired) electrons. The number of para-hydroxylation sites is 1. The van der Waals surface area contributed by atoms with Gasteiger partial charge in [0.1, 0.15) is 6.61 Å². The molecule has 0 spiro atoms. The lowest BCUT2D eigenvalue weighted by molar-refractivity contribution is 0.326. The van der Waals surface area contributed by atoms with Crippen LogP contribution in [0.15, 0.2) is 18.2 Å². The molecule has 2 N–H and O–H groups in total. The van der Waals surface area contributed by atoms with Crippen molar-refractivity contribution in [2.24, 2.45) is 5.73 Å². The molecule has 3 heteroatoms. The first-order valence-corrected chi connectivity index (χ1v) is 6.16. The minimum atomic E-state index is 0.136. The fourth-order valence-corrected chi connectivity index (χ4v) is 1.65. The number of hydrogen-bond acceptors (Lipinski definition) is 3. The van der Waals surface area contributed by atoms with E-state index in [0.717, 1.165) is 29.9 Å². The van der Waals surface area contributed by atoms with E-state index < -0.39 is 0 Å². The highest BCUT2D eigenvalue weighted by molar-refractivity contribution is 5.47. The van der Waals surface area contributed by atoms with E-state index in [2.05, 4.69) is 18.8 Å². The van der Waals surface area contributed by atoms with Crippen LogP contribution in [0, 0.1) is 11.8 Å². The third-order valence-corrected chi connectivity index (χ3v) is 2.75. The van der Waals surface area contributed by atoms with Gasteiger partial charge >= 0.3 is 0 Å². The van der Waals surface area contributed by atoms with Crippen LogP contribution in [0.2, 0.25) is 0 Å². The maximum absolute atomic E-state index is 6.00. The van der Waals surface area contributed by atoms with E-state index in [-0.39, 0.29) is 6.04 Å². The van der Waals surface area contributed by atoms with Gasteiger partial charge in [-0.2, -0.15) is 0 Å². The molecule has 0 bridgehead atoms. The molecule has 0 amide bonds. The van der Waals surface area contributed by atoms with E-state index in [4.69, 9.17) is 15.2 Å². The van der Waals surface area contributed by atoms with Gasteiger partial charge in [-0.25, -0.2) is 0 Å². The fraction of sp³-hybridized carbons (Fsp3) is 0.467. The molecule has 1 atom stereocenters. The molecule has 0 aliphatic carbocycles. The van der Waals surface area contributed by atoms with Gasteiger partial charge in [-0.05, 0) is 31.4 Å². The zero-order chi connectivity index (χ0) is 13.4. The molecule has 0 heterocycles. The molecule has 3 nitrogen and oxygen atoms in total. The minimum Gasteiger partial charge on any atom is -0.493 e. The predicted octanol–water partition coefficient (Wildman–Crippen LogP) is 2.38. The minimum absolute atomic E-state index is 0.136. The van der Waals surface area contributed by atoms with Crippen molar-refractivity contribution < 1.29 is 9.47 Å². The topological polar surface area (TPSA) is 44.5 Å². The van der Waals surface area contributed by atoms with E-state index in [1.54, 1.807) is 14.0 Å². The number of ether oxygens (including phenoxy) is 2. The average Bonchev–Trinajstić information content (AvgIpc) is 2.40. The summed E-state index contributed by atoms with van der Waals surface area (Å²) in [5.74, 6) is 7.18. The average molecular weight is 247 g/mol. The lowest BCUT2D eigenvalue weighted by Gasteiger charge is -2.16. The van der Waals surface area contributed by atoms with Gasteiger partial charge in [0.2, 0.25) is 0 Å². The number of hydrogen-bond donors (Lipinski definition) is 1. The second kappa shape index (κ2) is 7.62. The Morgan fingerprint density at radius 3 is 2.78 bits per heavy atom. The summed E-state index contributed by atoms with van der Waals surface area (Å²) in [5, 5.41) is 0. The SMILES string of the molecule is CC#CCOc1c(CC(N)CC)cccc1OC. The Balaban J connectivity index is 2.94. The van der Waals surface area contributed by atoms with Crippen molar-refractivity contribution in [3.05, 3.63) is 23.8 Å². The van der Waals surface area contributed by atoms with Crippen LogP contribution in [0.3, 0.4) is 0 Å². The third kappa shape index (κ3) is 3.97. The quantitative estimate of drug-likeness (QED) is 0.785. The lowest BCUT2D eigenvalue weighted by Crippen LogP contribution is -2.21. The molecule has 0 aliphatic rings. The highest BCUT2D eigenvalue weighted by Gasteiger charge is 2.12. The van der Waals surface area contributed by atoms with Crippen LogP contribution in [0.25, 0.3) is 0 Å². The van der Waals surface area contributed by atoms with Crippen molar-refractivity contribution in [3.63, 3.8) is 0 Å². The Labute approximate surface area is 109 Å². The highest BCUT2D eigenvalue weighted by Crippen LogP contribution is 2.31. The van der Waals surface area contributed by atoms with Gasteiger partial charge in [-0.3, -0.25) is 0 Å². The van der Waals surface area contributed by atoms with Crippen molar-refractivity contribution in [1.82, 2.24) is 0 Å². The molecule has 1 aromatic rings. The summed E-state index contributed by atoms with van der Waals surface area (Å²) < 4.78 is 11.0. The second-order valence-electron chi connectivity index (χ2n) is 4.04. The number of nitrogens with two attached hydrogens (primary N) is 1. The molecule has 0 aromatic heterocycles. The maximum Gasteiger partial charge on any atom is 0.165 e. The summed E-state index contributed by atoms with van der Waals surface area (Å²) in [4.78, 5) is 0. The lowest BCUT2D eigenvalue weighted by atomic mass is 10.0. The van der Waals surface area contributed by atoms with Crippen LogP contribution in [0.5, 0.6) is 11.5 Å². The first-order valence-electron chi connectivity index (χ1n) is 6.16. The summed E-state index contributed by atoms with van der Waals surface area (Å²) in [7, 11) is 1.64. The van der Waals surface area contributed by atoms with Crippen LogP contribution in [0.4, 0.5) is 0 Å². The molecule has 1 unspecified atom stereocenters. The summed E-state index contributed by atoms with van der Waals surface area (Å²) in [6.45, 7) is 4.23. The third-order valence-electron chi connectivity index (χ3n) is 2.75. The first-order chi connectivity index (χ1) is 8.72. The molecule has 0 saturated carbocycles. The Hall–Kier alpha value is -1.66. The van der Waals surface area contributed by atoms with E-state index in [9.17, 15) is 0 Å². The molecule has 0 aliphatic heterocycles. The van der Waals surface area contributed by atoms with Crippen LogP contribution < -0.4 is 15.2 Å². The van der Waals surface area contributed by atoms with E-state index >= 15 is 0 Å². The van der Waals surface area contributed by atoms with Gasteiger partial charge in [0, 0.05) is 6.04 Å². The van der Waals surface area contributed by atoms with Gasteiger partial charge in [0.05, 0.1) is 7.11 Å². The van der Waals surface area contributed by atoms with Crippen LogP contribution in [-0.2, 0) is 6.42 Å². The fourth-order valence-electron chi connectivity index (χ4n) is 1.65. The molecule has 18 heavy (non-hydrogen) atoms. The van der Waals surface area contributed by atoms with Crippen LogP contribution >= 0.6 is 0 Å². The van der Waals surface area contributed by atoms with Gasteiger partial charge in [-0.15, -0.1) is 5.92 Å². The highest BCUT2D eigenvalue weighted by atomic mass is 16.5. The summed E-state index contributed by atoms with van der Waals surface area (Å²) in [6, 6.07) is 5.99. The first kappa shape index (κ1) is 14.4. The maximum atomic E-state index is 6.00. The van der Waals surface area contributed by atoms with Crippen molar-refractivity contribution >= 4 is 0 Å². The van der Waals surface area contributed by atoms with Crippen LogP contribution in [-0.4, -0.2) is 19.8 Å². The Kier molecular flexibility index (Phi) is 6.10. The summed E-state index contributed by atoms with van der Waals surface area (Å²) in [5.41, 5.74) is 7.07. The van der Waals surface area contributed by atoms with Crippen LogP contribution in [0.1, 0.15) is 25.8 Å². The molecule has 1 rings (SSSR count). The largest absolute Gasteiger partial charge is 0.493 e. The van der Waals surface area contributed by atoms with Gasteiger partial charge in [-0.1, -0.05) is 25.0 Å². The normalized spacial score (nSPS) is 11.3. The number of methoxy groups -OCH3 is 1. The molecule has 1 aromatic carbocycles. The van der Waals surface area contributed by atoms with E-state index in [1.807, 2.05) is 18.2 Å². The van der Waals surface area contributed by atoms with Crippen molar-refractivity contribution in [2.45, 2.75) is 32.7 Å². The Bertz CT molecular complexity index is 432. The van der Waals surface area contributed by atoms with Gasteiger partial charge < -0.3 is 15.2 Å². The predicted molar refractivity (Wildman–Crippen MR) is 73.9 cm³/mol. The molecule has 98 valence electrons. The number of benzene rings is 1. The van der Waals surface area contributed by atoms with Crippen molar-refractivity contribution in [3.8, 4) is 23.3 Å². The summed E-state index contributed by atoms with van der Waals surface area (Å²) in [6.07, 6.45) is 1.72. The number of rotatable bonds is 6. The smallest absolute Gasteiger partial charge is 0.165 e. The van der Waals surface area contributed by atoms with Gasteiger partial charge in [0.25, 0.3) is 0 Å². The monoisotopic (exact) mass is 247 g/mol. The molecular weight excluding hydrogens is 226 g/mol. The zero-order valence-electron chi connectivity index (χ0n) is 11.3. The molecule has 0 saturated heterocycles. The van der Waals surface area contributed by atoms with E-state index in [0.29, 0.717) is 6.61 Å². The standard InChI is InChI=1S/C15H21NO2/c1-4-6-10-18-15-12(11-13(16)5-2)8-7-9-14(15)17-3/h7-9,13H,5,10-11,16H2,1-3H3. The Morgan fingerprint density at radius 2 is 2.17 bits per heavy atom. The summed E-state index contributed by atoms with van der Waals surface area (Å²) >= 11 is 0. The van der Waals surface area contributed by atoms with Crippen molar-refractivity contribution in [2.75, 3.05) is 13.7 Å². The molecular formula is C15H21NO2. The van der Waals surface area contributed by atoms with E-state index in [1.165, 1.54) is 0 Å². The van der Waals surface area contributed by atoms with Crippen molar-refractivity contribution in [1.29, 1.82) is 0 Å². The Morgan fingerprint density at radius 1 is 1.39 bits per heavy atom. The zero-order valence-corrected chi connectivity index (χ0v) is 11.3. The molecule has 0 fully saturated rings. The van der Waals surface area contributed by atoms with Gasteiger partial charge in [0.15, 0.2) is 11.5 Å². The second-order valence-corrected chi connectivity index (χ2v) is 4.04.